The number of nitrogens with zero attached hydrogens (tertiary/aromatic N) is 4. The summed E-state index contributed by atoms with van der Waals surface area (Å²) in [7, 11) is 0. The monoisotopic (exact) mass is 678 g/mol. The highest BCUT2D eigenvalue weighted by molar-refractivity contribution is 6.09. The van der Waals surface area contributed by atoms with Gasteiger partial charge in [-0.2, -0.15) is 5.10 Å². The first-order chi connectivity index (χ1) is 24.3. The Kier molecular flexibility index (Phi) is 8.98. The minimum atomic E-state index is -0.0814. The zero-order valence-corrected chi connectivity index (χ0v) is 32.3. The molecule has 6 aromatic rings. The third-order valence-corrected chi connectivity index (χ3v) is 11.1. The second kappa shape index (κ2) is 13.2. The van der Waals surface area contributed by atoms with Crippen molar-refractivity contribution in [1.82, 2.24) is 19.3 Å². The zero-order chi connectivity index (χ0) is 36.2. The Morgan fingerprint density at radius 3 is 2.25 bits per heavy atom. The summed E-state index contributed by atoms with van der Waals surface area (Å²) >= 11 is 0. The molecule has 264 valence electrons. The maximum Gasteiger partial charge on any atom is 0.137 e. The second-order valence-corrected chi connectivity index (χ2v) is 16.6. The predicted molar refractivity (Wildman–Crippen MR) is 213 cm³/mol. The maximum atomic E-state index is 6.83. The Balaban J connectivity index is 1.34. The van der Waals surface area contributed by atoms with Crippen LogP contribution in [0.1, 0.15) is 115 Å². The molecule has 1 aliphatic rings. The standard InChI is InChI=1S/C46H54N4O/c1-11-31-16-15-17-32(12-2)44(31)43-29(3)48-50(30(43)4)35-24-34(46(8,9)10)25-37(27-35)51-36-20-21-39-38-18-13-14-19-40(38)49(41(39)28-36)42-26-33(22-23-47-42)45(5,6)7/h13-14,16,18-28,32,44H,11-12,15,17H2,1-10H3/t32-,44?/m0/s1. The van der Waals surface area contributed by atoms with E-state index in [1.807, 2.05) is 6.20 Å². The molecule has 0 N–H and O–H groups in total. The van der Waals surface area contributed by atoms with E-state index in [9.17, 15) is 0 Å². The molecule has 1 unspecified atom stereocenters. The summed E-state index contributed by atoms with van der Waals surface area (Å²) in [5, 5.41) is 7.60. The van der Waals surface area contributed by atoms with Crippen molar-refractivity contribution in [3.63, 3.8) is 0 Å². The summed E-state index contributed by atoms with van der Waals surface area (Å²) < 4.78 is 11.3. The first-order valence-electron chi connectivity index (χ1n) is 18.9. The van der Waals surface area contributed by atoms with E-state index in [0.717, 1.165) is 46.2 Å². The molecule has 0 aliphatic heterocycles. The Labute approximate surface area is 304 Å². The van der Waals surface area contributed by atoms with Crippen LogP contribution in [0.15, 0.2) is 90.6 Å². The van der Waals surface area contributed by atoms with Crippen LogP contribution >= 0.6 is 0 Å². The van der Waals surface area contributed by atoms with Gasteiger partial charge in [0, 0.05) is 46.3 Å². The Morgan fingerprint density at radius 2 is 1.53 bits per heavy atom. The van der Waals surface area contributed by atoms with Crippen LogP contribution in [0.4, 0.5) is 0 Å². The number of ether oxygens (including phenoxy) is 1. The second-order valence-electron chi connectivity index (χ2n) is 16.6. The largest absolute Gasteiger partial charge is 0.457 e. The van der Waals surface area contributed by atoms with Crippen LogP contribution in [0.5, 0.6) is 11.5 Å². The molecule has 51 heavy (non-hydrogen) atoms. The molecule has 0 saturated carbocycles. The molecule has 0 fully saturated rings. The fourth-order valence-corrected chi connectivity index (χ4v) is 8.26. The third-order valence-electron chi connectivity index (χ3n) is 11.1. The molecule has 0 bridgehead atoms. The molecule has 5 heteroatoms. The van der Waals surface area contributed by atoms with Gasteiger partial charge in [-0.3, -0.25) is 4.57 Å². The molecular formula is C46H54N4O. The summed E-state index contributed by atoms with van der Waals surface area (Å²) in [5.41, 5.74) is 11.0. The summed E-state index contributed by atoms with van der Waals surface area (Å²) in [5.74, 6) is 3.58. The smallest absolute Gasteiger partial charge is 0.137 e. The fourth-order valence-electron chi connectivity index (χ4n) is 8.26. The molecule has 3 heterocycles. The van der Waals surface area contributed by atoms with Gasteiger partial charge in [0.2, 0.25) is 0 Å². The van der Waals surface area contributed by atoms with Crippen LogP contribution in [0.3, 0.4) is 0 Å². The zero-order valence-electron chi connectivity index (χ0n) is 32.3. The van der Waals surface area contributed by atoms with Crippen molar-refractivity contribution >= 4 is 21.8 Å². The Morgan fingerprint density at radius 1 is 0.784 bits per heavy atom. The molecule has 0 spiro atoms. The summed E-state index contributed by atoms with van der Waals surface area (Å²) in [6.07, 6.45) is 9.12. The number of aryl methyl sites for hydroxylation is 1. The first-order valence-corrected chi connectivity index (χ1v) is 18.9. The Bertz CT molecular complexity index is 2270. The van der Waals surface area contributed by atoms with Gasteiger partial charge in [0.05, 0.1) is 22.4 Å². The van der Waals surface area contributed by atoms with Crippen molar-refractivity contribution < 1.29 is 4.74 Å². The van der Waals surface area contributed by atoms with E-state index < -0.39 is 0 Å². The molecule has 1 aliphatic carbocycles. The van der Waals surface area contributed by atoms with Crippen LogP contribution in [0.2, 0.25) is 0 Å². The van der Waals surface area contributed by atoms with E-state index in [-0.39, 0.29) is 10.8 Å². The van der Waals surface area contributed by atoms with Gasteiger partial charge in [-0.05, 0) is 103 Å². The lowest BCUT2D eigenvalue weighted by atomic mass is 9.72. The molecule has 3 aromatic heterocycles. The quantitative estimate of drug-likeness (QED) is 0.158. The van der Waals surface area contributed by atoms with Crippen molar-refractivity contribution in [3.05, 3.63) is 119 Å². The molecule has 3 aromatic carbocycles. The van der Waals surface area contributed by atoms with Crippen molar-refractivity contribution in [2.75, 3.05) is 0 Å². The number of hydrogen-bond donors (Lipinski definition) is 0. The van der Waals surface area contributed by atoms with E-state index in [0.29, 0.717) is 11.8 Å². The number of hydrogen-bond acceptors (Lipinski definition) is 3. The van der Waals surface area contributed by atoms with Crippen molar-refractivity contribution in [2.45, 2.75) is 112 Å². The van der Waals surface area contributed by atoms with Crippen molar-refractivity contribution in [1.29, 1.82) is 0 Å². The number of allylic oxidation sites excluding steroid dienone is 2. The summed E-state index contributed by atoms with van der Waals surface area (Å²) in [6, 6.07) is 26.0. The summed E-state index contributed by atoms with van der Waals surface area (Å²) in [4.78, 5) is 4.87. The third kappa shape index (κ3) is 6.41. The van der Waals surface area contributed by atoms with E-state index in [2.05, 4.69) is 157 Å². The van der Waals surface area contributed by atoms with Gasteiger partial charge in [-0.15, -0.1) is 0 Å². The van der Waals surface area contributed by atoms with Gasteiger partial charge in [-0.1, -0.05) is 91.7 Å². The molecule has 0 amide bonds. The highest BCUT2D eigenvalue weighted by Gasteiger charge is 2.32. The lowest BCUT2D eigenvalue weighted by molar-refractivity contribution is 0.393. The number of aromatic nitrogens is 4. The summed E-state index contributed by atoms with van der Waals surface area (Å²) in [6.45, 7) is 22.6. The SMILES string of the molecule is CCC1=CCC[C@H](CC)C1c1c(C)nn(-c2cc(Oc3ccc4c5ccccc5n(-c5cc(C(C)(C)C)ccn5)c4c3)cc(C(C)(C)C)c2)c1C. The fraction of sp³-hybridized carbons (Fsp3) is 0.391. The highest BCUT2D eigenvalue weighted by atomic mass is 16.5. The van der Waals surface area contributed by atoms with Gasteiger partial charge < -0.3 is 4.74 Å². The predicted octanol–water partition coefficient (Wildman–Crippen LogP) is 12.6. The van der Waals surface area contributed by atoms with E-state index in [1.165, 1.54) is 52.4 Å². The maximum absolute atomic E-state index is 6.83. The van der Waals surface area contributed by atoms with Crippen LogP contribution in [-0.4, -0.2) is 19.3 Å². The minimum Gasteiger partial charge on any atom is -0.457 e. The average molecular weight is 679 g/mol. The molecule has 7 rings (SSSR count). The highest BCUT2D eigenvalue weighted by Crippen LogP contribution is 2.45. The lowest BCUT2D eigenvalue weighted by Crippen LogP contribution is -2.19. The van der Waals surface area contributed by atoms with Crippen molar-refractivity contribution in [2.24, 2.45) is 5.92 Å². The van der Waals surface area contributed by atoms with Gasteiger partial charge in [0.1, 0.15) is 17.3 Å². The van der Waals surface area contributed by atoms with Crippen molar-refractivity contribution in [3.8, 4) is 23.0 Å². The number of fused-ring (bicyclic) bond motifs is 3. The average Bonchev–Trinajstić information content (AvgIpc) is 3.59. The Hall–Kier alpha value is -4.64. The molecule has 2 atom stereocenters. The minimum absolute atomic E-state index is 0.00976. The molecule has 0 radical (unpaired) electrons. The van der Waals surface area contributed by atoms with Crippen LogP contribution in [0, 0.1) is 19.8 Å². The van der Waals surface area contributed by atoms with Gasteiger partial charge >= 0.3 is 0 Å². The molecule has 0 saturated heterocycles. The molecule has 5 nitrogen and oxygen atoms in total. The van der Waals surface area contributed by atoms with Gasteiger partial charge in [0.15, 0.2) is 0 Å². The molecular weight excluding hydrogens is 625 g/mol. The van der Waals surface area contributed by atoms with Gasteiger partial charge in [-0.25, -0.2) is 9.67 Å². The number of para-hydroxylation sites is 1. The normalized spacial score (nSPS) is 16.9. The van der Waals surface area contributed by atoms with Crippen LogP contribution in [-0.2, 0) is 10.8 Å². The first kappa shape index (κ1) is 34.8. The number of benzene rings is 3. The van der Waals surface area contributed by atoms with E-state index >= 15 is 0 Å². The van der Waals surface area contributed by atoms with Crippen LogP contribution < -0.4 is 4.74 Å². The van der Waals surface area contributed by atoms with Gasteiger partial charge in [0.25, 0.3) is 0 Å². The number of rotatable bonds is 7. The van der Waals surface area contributed by atoms with E-state index in [4.69, 9.17) is 14.8 Å². The number of pyridine rings is 1. The topological polar surface area (TPSA) is 44.9 Å². The van der Waals surface area contributed by atoms with E-state index in [1.54, 1.807) is 5.57 Å². The lowest BCUT2D eigenvalue weighted by Gasteiger charge is -2.32. The van der Waals surface area contributed by atoms with Crippen LogP contribution in [0.25, 0.3) is 33.3 Å².